The molecule has 1 amide bonds. The molecular weight excluding hydrogens is 342 g/mol. The van der Waals surface area contributed by atoms with Gasteiger partial charge in [0, 0.05) is 30.1 Å². The minimum atomic E-state index is -1.04. The first-order valence-corrected chi connectivity index (χ1v) is 7.99. The van der Waals surface area contributed by atoms with E-state index in [0.29, 0.717) is 21.6 Å². The standard InChI is InChI=1S/C19H16ClNO4/c1-21(2)18(22)17(12-6-4-3-5-7-12)25-19(23)16-11-13-10-14(20)8-9-15(13)24-16/h3-11,17H,1-2H3/t17-/m1/s1. The Morgan fingerprint density at radius 2 is 1.80 bits per heavy atom. The molecule has 128 valence electrons. The van der Waals surface area contributed by atoms with Crippen LogP contribution in [0, 0.1) is 0 Å². The molecule has 3 rings (SSSR count). The fourth-order valence-corrected chi connectivity index (χ4v) is 2.58. The molecule has 0 aliphatic rings. The maximum absolute atomic E-state index is 12.5. The van der Waals surface area contributed by atoms with Crippen molar-refractivity contribution in [2.24, 2.45) is 0 Å². The van der Waals surface area contributed by atoms with E-state index in [1.165, 1.54) is 4.90 Å². The lowest BCUT2D eigenvalue weighted by molar-refractivity contribution is -0.138. The summed E-state index contributed by atoms with van der Waals surface area (Å²) in [7, 11) is 3.21. The van der Waals surface area contributed by atoms with E-state index in [1.54, 1.807) is 62.6 Å². The molecule has 0 bridgehead atoms. The Bertz CT molecular complexity index is 918. The van der Waals surface area contributed by atoms with Crippen LogP contribution in [0.4, 0.5) is 0 Å². The monoisotopic (exact) mass is 357 g/mol. The SMILES string of the molecule is CN(C)C(=O)[C@H](OC(=O)c1cc2cc(Cl)ccc2o1)c1ccccc1. The second kappa shape index (κ2) is 6.99. The van der Waals surface area contributed by atoms with E-state index in [1.807, 2.05) is 6.07 Å². The minimum Gasteiger partial charge on any atom is -0.449 e. The molecule has 0 radical (unpaired) electrons. The van der Waals surface area contributed by atoms with Gasteiger partial charge in [-0.05, 0) is 24.3 Å². The van der Waals surface area contributed by atoms with Crippen molar-refractivity contribution in [1.82, 2.24) is 4.90 Å². The highest BCUT2D eigenvalue weighted by atomic mass is 35.5. The van der Waals surface area contributed by atoms with Crippen molar-refractivity contribution in [3.8, 4) is 0 Å². The van der Waals surface area contributed by atoms with E-state index in [-0.39, 0.29) is 11.7 Å². The number of fused-ring (bicyclic) bond motifs is 1. The van der Waals surface area contributed by atoms with Crippen LogP contribution in [0.2, 0.25) is 5.02 Å². The number of carbonyl (C=O) groups is 2. The summed E-state index contributed by atoms with van der Waals surface area (Å²) >= 11 is 5.94. The lowest BCUT2D eigenvalue weighted by Crippen LogP contribution is -2.31. The number of benzene rings is 2. The Balaban J connectivity index is 1.90. The van der Waals surface area contributed by atoms with Gasteiger partial charge in [0.25, 0.3) is 5.91 Å². The molecule has 3 aromatic rings. The van der Waals surface area contributed by atoms with Gasteiger partial charge in [-0.2, -0.15) is 0 Å². The van der Waals surface area contributed by atoms with E-state index in [2.05, 4.69) is 0 Å². The van der Waals surface area contributed by atoms with Gasteiger partial charge in [0.15, 0.2) is 0 Å². The van der Waals surface area contributed by atoms with Crippen LogP contribution in [0.5, 0.6) is 0 Å². The fourth-order valence-electron chi connectivity index (χ4n) is 2.40. The van der Waals surface area contributed by atoms with Crippen molar-refractivity contribution < 1.29 is 18.7 Å². The van der Waals surface area contributed by atoms with E-state index in [0.717, 1.165) is 0 Å². The molecule has 1 atom stereocenters. The molecule has 0 aliphatic heterocycles. The van der Waals surface area contributed by atoms with E-state index >= 15 is 0 Å². The molecule has 1 aromatic heterocycles. The van der Waals surface area contributed by atoms with Gasteiger partial charge in [-0.25, -0.2) is 4.79 Å². The van der Waals surface area contributed by atoms with Crippen LogP contribution in [0.25, 0.3) is 11.0 Å². The van der Waals surface area contributed by atoms with Crippen LogP contribution in [0.3, 0.4) is 0 Å². The zero-order valence-electron chi connectivity index (χ0n) is 13.7. The van der Waals surface area contributed by atoms with Crippen molar-refractivity contribution in [2.45, 2.75) is 6.10 Å². The summed E-state index contributed by atoms with van der Waals surface area (Å²) in [5, 5.41) is 1.23. The van der Waals surface area contributed by atoms with Crippen LogP contribution < -0.4 is 0 Å². The molecule has 0 saturated heterocycles. The van der Waals surface area contributed by atoms with E-state index in [4.69, 9.17) is 20.8 Å². The van der Waals surface area contributed by atoms with Crippen molar-refractivity contribution in [3.05, 3.63) is 70.9 Å². The predicted octanol–water partition coefficient (Wildman–Crippen LogP) is 4.07. The van der Waals surface area contributed by atoms with Crippen LogP contribution in [0.15, 0.2) is 59.0 Å². The Labute approximate surface area is 149 Å². The predicted molar refractivity (Wildman–Crippen MR) is 94.5 cm³/mol. The maximum atomic E-state index is 12.5. The summed E-state index contributed by atoms with van der Waals surface area (Å²) in [6.07, 6.45) is -1.04. The zero-order chi connectivity index (χ0) is 18.0. The lowest BCUT2D eigenvalue weighted by Gasteiger charge is -2.20. The van der Waals surface area contributed by atoms with Crippen LogP contribution >= 0.6 is 11.6 Å². The molecule has 0 aliphatic carbocycles. The quantitative estimate of drug-likeness (QED) is 0.660. The van der Waals surface area contributed by atoms with Crippen LogP contribution in [-0.4, -0.2) is 30.9 Å². The number of ether oxygens (including phenoxy) is 1. The van der Waals surface area contributed by atoms with Gasteiger partial charge in [0.1, 0.15) is 5.58 Å². The number of amides is 1. The smallest absolute Gasteiger partial charge is 0.375 e. The van der Waals surface area contributed by atoms with Gasteiger partial charge in [-0.15, -0.1) is 0 Å². The highest BCUT2D eigenvalue weighted by molar-refractivity contribution is 6.31. The van der Waals surface area contributed by atoms with Gasteiger partial charge in [0.2, 0.25) is 11.9 Å². The van der Waals surface area contributed by atoms with Gasteiger partial charge >= 0.3 is 5.97 Å². The highest BCUT2D eigenvalue weighted by Crippen LogP contribution is 2.26. The number of carbonyl (C=O) groups excluding carboxylic acids is 2. The number of halogens is 1. The number of nitrogens with zero attached hydrogens (tertiary/aromatic N) is 1. The van der Waals surface area contributed by atoms with Crippen LogP contribution in [-0.2, 0) is 9.53 Å². The number of hydrogen-bond donors (Lipinski definition) is 0. The summed E-state index contributed by atoms with van der Waals surface area (Å²) in [6.45, 7) is 0. The summed E-state index contributed by atoms with van der Waals surface area (Å²) in [5.74, 6) is -1.03. The van der Waals surface area contributed by atoms with Crippen molar-refractivity contribution in [2.75, 3.05) is 14.1 Å². The number of esters is 1. The molecule has 0 spiro atoms. The Morgan fingerprint density at radius 1 is 1.08 bits per heavy atom. The third-order valence-corrected chi connectivity index (χ3v) is 3.91. The topological polar surface area (TPSA) is 59.8 Å². The van der Waals surface area contributed by atoms with Gasteiger partial charge in [-0.1, -0.05) is 41.9 Å². The summed E-state index contributed by atoms with van der Waals surface area (Å²) in [4.78, 5) is 26.3. The first kappa shape index (κ1) is 17.0. The van der Waals surface area contributed by atoms with Gasteiger partial charge in [0.05, 0.1) is 0 Å². The zero-order valence-corrected chi connectivity index (χ0v) is 14.5. The average Bonchev–Trinajstić information content (AvgIpc) is 3.02. The van der Waals surface area contributed by atoms with E-state index in [9.17, 15) is 9.59 Å². The first-order chi connectivity index (χ1) is 12.0. The summed E-state index contributed by atoms with van der Waals surface area (Å²) < 4.78 is 11.0. The number of rotatable bonds is 4. The molecule has 5 nitrogen and oxygen atoms in total. The molecule has 25 heavy (non-hydrogen) atoms. The highest BCUT2D eigenvalue weighted by Gasteiger charge is 2.28. The van der Waals surface area contributed by atoms with Crippen molar-refractivity contribution >= 4 is 34.4 Å². The first-order valence-electron chi connectivity index (χ1n) is 7.62. The summed E-state index contributed by atoms with van der Waals surface area (Å²) in [5.41, 5.74) is 1.11. The second-order valence-electron chi connectivity index (χ2n) is 5.72. The average molecular weight is 358 g/mol. The third kappa shape index (κ3) is 3.67. The Morgan fingerprint density at radius 3 is 2.48 bits per heavy atom. The molecule has 0 saturated carbocycles. The molecule has 6 heteroatoms. The molecule has 0 N–H and O–H groups in total. The molecular formula is C19H16ClNO4. The van der Waals surface area contributed by atoms with Crippen molar-refractivity contribution in [3.63, 3.8) is 0 Å². The normalized spacial score (nSPS) is 12.0. The number of hydrogen-bond acceptors (Lipinski definition) is 4. The van der Waals surface area contributed by atoms with Crippen molar-refractivity contribution in [1.29, 1.82) is 0 Å². The fraction of sp³-hybridized carbons (Fsp3) is 0.158. The van der Waals surface area contributed by atoms with Gasteiger partial charge in [-0.3, -0.25) is 4.79 Å². The van der Waals surface area contributed by atoms with Gasteiger partial charge < -0.3 is 14.1 Å². The minimum absolute atomic E-state index is 0.0183. The Hall–Kier alpha value is -2.79. The molecule has 0 fully saturated rings. The van der Waals surface area contributed by atoms with E-state index < -0.39 is 12.1 Å². The molecule has 1 heterocycles. The number of likely N-dealkylation sites (N-methyl/N-ethyl adjacent to an activating group) is 1. The second-order valence-corrected chi connectivity index (χ2v) is 6.16. The Kier molecular flexibility index (Phi) is 4.76. The van der Waals surface area contributed by atoms with Crippen LogP contribution in [0.1, 0.15) is 22.2 Å². The maximum Gasteiger partial charge on any atom is 0.375 e. The molecule has 2 aromatic carbocycles. The summed E-state index contributed by atoms with van der Waals surface area (Å²) in [6, 6.07) is 15.4. The molecule has 0 unspecified atom stereocenters. The lowest BCUT2D eigenvalue weighted by atomic mass is 10.1. The number of furan rings is 1. The third-order valence-electron chi connectivity index (χ3n) is 3.67. The largest absolute Gasteiger partial charge is 0.449 e.